The van der Waals surface area contributed by atoms with Crippen molar-refractivity contribution in [3.05, 3.63) is 11.2 Å². The maximum Gasteiger partial charge on any atom is 0.293 e. The topological polar surface area (TPSA) is 89.5 Å². The average molecular weight is 340 g/mol. The fraction of sp³-hybridized carbons (Fsp3) is 0.846. The van der Waals surface area contributed by atoms with Gasteiger partial charge in [0.05, 0.1) is 18.6 Å². The molecular weight excluding hydrogens is 316 g/mol. The number of hydrogen-bond acceptors (Lipinski definition) is 8. The highest BCUT2D eigenvalue weighted by Crippen LogP contribution is 2.30. The molecule has 0 bridgehead atoms. The first kappa shape index (κ1) is 19.3. The summed E-state index contributed by atoms with van der Waals surface area (Å²) in [6, 6.07) is 0. The molecule has 0 aromatic carbocycles. The summed E-state index contributed by atoms with van der Waals surface area (Å²) in [7, 11) is 2.08. The van der Waals surface area contributed by atoms with E-state index in [2.05, 4.69) is 0 Å². The quantitative estimate of drug-likeness (QED) is 0.582. The van der Waals surface area contributed by atoms with Gasteiger partial charge in [0, 0.05) is 28.4 Å². The molecule has 0 radical (unpaired) electrons. The van der Waals surface area contributed by atoms with Crippen LogP contribution in [0.1, 0.15) is 6.92 Å². The van der Waals surface area contributed by atoms with Gasteiger partial charge in [0.15, 0.2) is 6.10 Å². The molecule has 0 aromatic heterocycles. The third kappa shape index (κ3) is 4.64. The Morgan fingerprint density at radius 2 is 1.73 bits per heavy atom. The van der Waals surface area contributed by atoms with Crippen molar-refractivity contribution in [2.24, 2.45) is 0 Å². The van der Waals surface area contributed by atoms with Gasteiger partial charge in [0.1, 0.15) is 24.1 Å². The van der Waals surface area contributed by atoms with Crippen LogP contribution < -0.4 is 0 Å². The van der Waals surface area contributed by atoms with Crippen LogP contribution in [0.3, 0.4) is 0 Å². The number of hydrogen-bond donors (Lipinski definition) is 0. The lowest BCUT2D eigenvalue weighted by atomic mass is 9.98. The number of methoxy groups -OCH3 is 4. The van der Waals surface area contributed by atoms with E-state index < -0.39 is 34.5 Å². The standard InChI is InChI=1S/C13H24O8S/c1-6-20-22(14,15)8-10-12(18-4)13(19-5)11(17-3)9(21-10)7-16-2/h8-9,11-13H,6-7H2,1-5H3/t9-,11-,12+,13+/m1/s1. The van der Waals surface area contributed by atoms with Crippen molar-refractivity contribution in [3.8, 4) is 0 Å². The molecule has 1 fully saturated rings. The van der Waals surface area contributed by atoms with Gasteiger partial charge in [0.25, 0.3) is 10.1 Å². The van der Waals surface area contributed by atoms with Gasteiger partial charge in [-0.15, -0.1) is 0 Å². The van der Waals surface area contributed by atoms with Crippen LogP contribution in [0.5, 0.6) is 0 Å². The molecule has 4 atom stereocenters. The minimum absolute atomic E-state index is 0.0274. The highest BCUT2D eigenvalue weighted by Gasteiger charge is 2.45. The van der Waals surface area contributed by atoms with E-state index in [0.717, 1.165) is 5.41 Å². The Balaban J connectivity index is 3.17. The fourth-order valence-corrected chi connectivity index (χ4v) is 3.25. The molecule has 0 aliphatic carbocycles. The van der Waals surface area contributed by atoms with Crippen LogP contribution in [-0.4, -0.2) is 74.5 Å². The average Bonchev–Trinajstić information content (AvgIpc) is 2.46. The van der Waals surface area contributed by atoms with Crippen LogP contribution in [0.2, 0.25) is 0 Å². The van der Waals surface area contributed by atoms with Gasteiger partial charge in [-0.25, -0.2) is 0 Å². The molecule has 0 N–H and O–H groups in total. The molecule has 1 heterocycles. The zero-order valence-corrected chi connectivity index (χ0v) is 14.3. The molecule has 8 nitrogen and oxygen atoms in total. The Bertz CT molecular complexity index is 461. The Hall–Kier alpha value is -0.710. The Morgan fingerprint density at radius 1 is 1.09 bits per heavy atom. The lowest BCUT2D eigenvalue weighted by Crippen LogP contribution is -2.55. The van der Waals surface area contributed by atoms with Crippen molar-refractivity contribution >= 4 is 10.1 Å². The number of rotatable bonds is 8. The monoisotopic (exact) mass is 340 g/mol. The Morgan fingerprint density at radius 3 is 2.18 bits per heavy atom. The zero-order valence-electron chi connectivity index (χ0n) is 13.5. The lowest BCUT2D eigenvalue weighted by Gasteiger charge is -2.41. The van der Waals surface area contributed by atoms with E-state index in [1.165, 1.54) is 28.4 Å². The molecule has 0 amide bonds. The van der Waals surface area contributed by atoms with Gasteiger partial charge in [-0.3, -0.25) is 4.18 Å². The Kier molecular flexibility index (Phi) is 7.74. The summed E-state index contributed by atoms with van der Waals surface area (Å²) in [5.41, 5.74) is 0. The predicted molar refractivity (Wildman–Crippen MR) is 77.8 cm³/mol. The first-order chi connectivity index (χ1) is 10.4. The van der Waals surface area contributed by atoms with Gasteiger partial charge < -0.3 is 23.7 Å². The predicted octanol–water partition coefficient (Wildman–Crippen LogP) is 0.284. The molecule has 22 heavy (non-hydrogen) atoms. The summed E-state index contributed by atoms with van der Waals surface area (Å²) in [5, 5.41) is 0.908. The van der Waals surface area contributed by atoms with E-state index in [4.69, 9.17) is 27.9 Å². The smallest absolute Gasteiger partial charge is 0.293 e. The highest BCUT2D eigenvalue weighted by atomic mass is 32.2. The van der Waals surface area contributed by atoms with Gasteiger partial charge in [0.2, 0.25) is 0 Å². The molecule has 1 saturated heterocycles. The fourth-order valence-electron chi connectivity index (χ4n) is 2.38. The van der Waals surface area contributed by atoms with Crippen LogP contribution in [0, 0.1) is 0 Å². The normalized spacial score (nSPS) is 31.2. The summed E-state index contributed by atoms with van der Waals surface area (Å²) in [6.07, 6.45) is -2.29. The molecule has 0 spiro atoms. The minimum Gasteiger partial charge on any atom is -0.486 e. The largest absolute Gasteiger partial charge is 0.486 e. The summed E-state index contributed by atoms with van der Waals surface area (Å²) in [4.78, 5) is 0. The molecule has 1 aliphatic rings. The first-order valence-electron chi connectivity index (χ1n) is 6.79. The van der Waals surface area contributed by atoms with Crippen LogP contribution in [0.4, 0.5) is 0 Å². The van der Waals surface area contributed by atoms with Crippen LogP contribution >= 0.6 is 0 Å². The zero-order chi connectivity index (χ0) is 16.8. The summed E-state index contributed by atoms with van der Waals surface area (Å²) >= 11 is 0. The second-order valence-electron chi connectivity index (χ2n) is 4.59. The maximum atomic E-state index is 11.8. The van der Waals surface area contributed by atoms with E-state index in [0.29, 0.717) is 0 Å². The number of ether oxygens (including phenoxy) is 5. The van der Waals surface area contributed by atoms with E-state index in [1.807, 2.05) is 0 Å². The molecule has 0 saturated carbocycles. The highest BCUT2D eigenvalue weighted by molar-refractivity contribution is 7.89. The van der Waals surface area contributed by atoms with E-state index >= 15 is 0 Å². The van der Waals surface area contributed by atoms with E-state index in [1.54, 1.807) is 6.92 Å². The van der Waals surface area contributed by atoms with Gasteiger partial charge in [-0.1, -0.05) is 0 Å². The Labute approximate surface area is 131 Å². The molecule has 130 valence electrons. The van der Waals surface area contributed by atoms with E-state index in [9.17, 15) is 8.42 Å². The molecule has 0 aromatic rings. The summed E-state index contributed by atoms with van der Waals surface area (Å²) in [5.74, 6) is 0.0955. The third-order valence-corrected chi connectivity index (χ3v) is 4.31. The molecule has 9 heteroatoms. The van der Waals surface area contributed by atoms with Crippen molar-refractivity contribution in [3.63, 3.8) is 0 Å². The van der Waals surface area contributed by atoms with Crippen molar-refractivity contribution in [1.82, 2.24) is 0 Å². The van der Waals surface area contributed by atoms with Gasteiger partial charge >= 0.3 is 0 Å². The van der Waals surface area contributed by atoms with Crippen molar-refractivity contribution < 1.29 is 36.3 Å². The molecule has 0 unspecified atom stereocenters. The molecule has 1 aliphatic heterocycles. The molecular formula is C13H24O8S. The maximum absolute atomic E-state index is 11.8. The lowest BCUT2D eigenvalue weighted by molar-refractivity contribution is -0.193. The van der Waals surface area contributed by atoms with Crippen molar-refractivity contribution in [2.75, 3.05) is 41.7 Å². The van der Waals surface area contributed by atoms with Crippen molar-refractivity contribution in [1.29, 1.82) is 0 Å². The second kappa shape index (κ2) is 8.80. The molecule has 1 rings (SSSR count). The van der Waals surface area contributed by atoms with Crippen molar-refractivity contribution in [2.45, 2.75) is 31.3 Å². The summed E-state index contributed by atoms with van der Waals surface area (Å²) in [6.45, 7) is 1.82. The van der Waals surface area contributed by atoms with Gasteiger partial charge in [-0.05, 0) is 6.92 Å². The second-order valence-corrected chi connectivity index (χ2v) is 6.05. The van der Waals surface area contributed by atoms with Crippen LogP contribution in [0.15, 0.2) is 11.2 Å². The SMILES string of the molecule is CCOS(=O)(=O)C=C1O[C@H](COC)[C@@H](OC)[C@H](OC)[C@H]1OC. The van der Waals surface area contributed by atoms with Crippen LogP contribution in [-0.2, 0) is 38.0 Å². The summed E-state index contributed by atoms with van der Waals surface area (Å²) < 4.78 is 55.3. The van der Waals surface area contributed by atoms with Gasteiger partial charge in [-0.2, -0.15) is 8.42 Å². The first-order valence-corrected chi connectivity index (χ1v) is 8.26. The van der Waals surface area contributed by atoms with E-state index in [-0.39, 0.29) is 19.0 Å². The third-order valence-electron chi connectivity index (χ3n) is 3.23. The minimum atomic E-state index is -3.87. The van der Waals surface area contributed by atoms with Crippen LogP contribution in [0.25, 0.3) is 0 Å².